The number of nitrogens with zero attached hydrogens (tertiary/aromatic N) is 1. The van der Waals surface area contributed by atoms with Gasteiger partial charge in [0.1, 0.15) is 5.75 Å². The van der Waals surface area contributed by atoms with Crippen molar-refractivity contribution in [2.75, 3.05) is 20.2 Å². The van der Waals surface area contributed by atoms with Gasteiger partial charge >= 0.3 is 0 Å². The minimum Gasteiger partial charge on any atom is -0.497 e. The molecule has 3 nitrogen and oxygen atoms in total. The van der Waals surface area contributed by atoms with Gasteiger partial charge in [-0.05, 0) is 24.6 Å². The van der Waals surface area contributed by atoms with E-state index in [1.807, 2.05) is 12.1 Å². The quantitative estimate of drug-likeness (QED) is 0.814. The lowest BCUT2D eigenvalue weighted by Gasteiger charge is -2.40. The predicted molar refractivity (Wildman–Crippen MR) is 59.0 cm³/mol. The van der Waals surface area contributed by atoms with Crippen LogP contribution in [0.2, 0.25) is 0 Å². The lowest BCUT2D eigenvalue weighted by atomic mass is 10.0. The van der Waals surface area contributed by atoms with Gasteiger partial charge in [0, 0.05) is 19.1 Å². The first-order chi connectivity index (χ1) is 7.20. The van der Waals surface area contributed by atoms with E-state index in [9.17, 15) is 5.11 Å². The van der Waals surface area contributed by atoms with E-state index in [4.69, 9.17) is 4.74 Å². The number of likely N-dealkylation sites (tertiary alicyclic amines) is 1. The Bertz CT molecular complexity index is 334. The maximum Gasteiger partial charge on any atom is 0.119 e. The highest BCUT2D eigenvalue weighted by atomic mass is 16.5. The second-order valence-corrected chi connectivity index (χ2v) is 4.06. The van der Waals surface area contributed by atoms with Crippen LogP contribution in [0.4, 0.5) is 0 Å². The SMILES string of the molecule is COc1cccc([C@H](C)N2CC(O)C2)c1. The summed E-state index contributed by atoms with van der Waals surface area (Å²) < 4.78 is 5.19. The van der Waals surface area contributed by atoms with Crippen LogP contribution in [-0.2, 0) is 0 Å². The number of aliphatic hydroxyl groups excluding tert-OH is 1. The summed E-state index contributed by atoms with van der Waals surface area (Å²) in [5, 5.41) is 9.25. The Hall–Kier alpha value is -1.06. The van der Waals surface area contributed by atoms with Gasteiger partial charge in [0.25, 0.3) is 0 Å². The molecule has 3 heteroatoms. The largest absolute Gasteiger partial charge is 0.497 e. The van der Waals surface area contributed by atoms with E-state index >= 15 is 0 Å². The molecule has 1 saturated heterocycles. The first-order valence-electron chi connectivity index (χ1n) is 5.27. The molecule has 0 unspecified atom stereocenters. The fraction of sp³-hybridized carbons (Fsp3) is 0.500. The van der Waals surface area contributed by atoms with Gasteiger partial charge in [-0.25, -0.2) is 0 Å². The Morgan fingerprint density at radius 1 is 1.47 bits per heavy atom. The van der Waals surface area contributed by atoms with Gasteiger partial charge in [0.15, 0.2) is 0 Å². The van der Waals surface area contributed by atoms with Gasteiger partial charge < -0.3 is 9.84 Å². The van der Waals surface area contributed by atoms with E-state index in [1.165, 1.54) is 5.56 Å². The van der Waals surface area contributed by atoms with Crippen LogP contribution in [0.3, 0.4) is 0 Å². The Morgan fingerprint density at radius 3 is 2.80 bits per heavy atom. The van der Waals surface area contributed by atoms with Crippen LogP contribution in [0.25, 0.3) is 0 Å². The molecule has 0 bridgehead atoms. The van der Waals surface area contributed by atoms with E-state index < -0.39 is 0 Å². The monoisotopic (exact) mass is 207 g/mol. The Morgan fingerprint density at radius 2 is 2.20 bits per heavy atom. The highest BCUT2D eigenvalue weighted by Gasteiger charge is 2.29. The molecule has 1 N–H and O–H groups in total. The average molecular weight is 207 g/mol. The highest BCUT2D eigenvalue weighted by Crippen LogP contribution is 2.27. The minimum atomic E-state index is -0.141. The van der Waals surface area contributed by atoms with Crippen LogP contribution in [0, 0.1) is 0 Å². The smallest absolute Gasteiger partial charge is 0.119 e. The van der Waals surface area contributed by atoms with Crippen molar-refractivity contribution < 1.29 is 9.84 Å². The molecule has 82 valence electrons. The normalized spacial score (nSPS) is 19.7. The number of ether oxygens (including phenoxy) is 1. The predicted octanol–water partition coefficient (Wildman–Crippen LogP) is 1.43. The number of benzene rings is 1. The molecule has 0 saturated carbocycles. The maximum atomic E-state index is 9.25. The lowest BCUT2D eigenvalue weighted by Crippen LogP contribution is -2.51. The molecule has 1 aromatic carbocycles. The van der Waals surface area contributed by atoms with Gasteiger partial charge in [-0.15, -0.1) is 0 Å². The van der Waals surface area contributed by atoms with E-state index in [1.54, 1.807) is 7.11 Å². The molecule has 1 atom stereocenters. The van der Waals surface area contributed by atoms with Crippen LogP contribution in [0.5, 0.6) is 5.75 Å². The van der Waals surface area contributed by atoms with Gasteiger partial charge in [-0.1, -0.05) is 12.1 Å². The Labute approximate surface area is 90.3 Å². The number of rotatable bonds is 3. The summed E-state index contributed by atoms with van der Waals surface area (Å²) in [6.07, 6.45) is -0.141. The molecule has 1 heterocycles. The average Bonchev–Trinajstić information content (AvgIpc) is 2.24. The molecule has 0 aliphatic carbocycles. The third-order valence-corrected chi connectivity index (χ3v) is 3.01. The fourth-order valence-corrected chi connectivity index (χ4v) is 1.92. The molecule has 0 radical (unpaired) electrons. The Kier molecular flexibility index (Phi) is 2.93. The van der Waals surface area contributed by atoms with Gasteiger partial charge in [-0.2, -0.15) is 0 Å². The number of methoxy groups -OCH3 is 1. The van der Waals surface area contributed by atoms with E-state index in [2.05, 4.69) is 24.0 Å². The van der Waals surface area contributed by atoms with Crippen LogP contribution in [0.1, 0.15) is 18.5 Å². The highest BCUT2D eigenvalue weighted by molar-refractivity contribution is 5.30. The molecular formula is C12H17NO2. The van der Waals surface area contributed by atoms with E-state index in [0.717, 1.165) is 18.8 Å². The minimum absolute atomic E-state index is 0.141. The van der Waals surface area contributed by atoms with Gasteiger partial charge in [-0.3, -0.25) is 4.90 Å². The molecule has 0 amide bonds. The number of β-amino-alcohol motifs (C(OH)–C–C–N with tert-alkyl or cyclic N) is 1. The van der Waals surface area contributed by atoms with Crippen molar-refractivity contribution in [3.63, 3.8) is 0 Å². The molecule has 1 aliphatic heterocycles. The van der Waals surface area contributed by atoms with E-state index in [0.29, 0.717) is 6.04 Å². The summed E-state index contributed by atoms with van der Waals surface area (Å²) in [4.78, 5) is 2.25. The number of hydrogen-bond acceptors (Lipinski definition) is 3. The van der Waals surface area contributed by atoms with Crippen molar-refractivity contribution in [1.82, 2.24) is 4.90 Å². The zero-order chi connectivity index (χ0) is 10.8. The standard InChI is InChI=1S/C12H17NO2/c1-9(13-7-11(14)8-13)10-4-3-5-12(6-10)15-2/h3-6,9,11,14H,7-8H2,1-2H3/t9-/m0/s1. The van der Waals surface area contributed by atoms with Crippen molar-refractivity contribution in [2.45, 2.75) is 19.1 Å². The first kappa shape index (κ1) is 10.5. The topological polar surface area (TPSA) is 32.7 Å². The van der Waals surface area contributed by atoms with E-state index in [-0.39, 0.29) is 6.10 Å². The molecule has 1 aliphatic rings. The molecule has 2 rings (SSSR count). The van der Waals surface area contributed by atoms with Crippen molar-refractivity contribution in [1.29, 1.82) is 0 Å². The zero-order valence-corrected chi connectivity index (χ0v) is 9.18. The number of aliphatic hydroxyl groups is 1. The first-order valence-corrected chi connectivity index (χ1v) is 5.27. The van der Waals surface area contributed by atoms with Crippen LogP contribution in [0.15, 0.2) is 24.3 Å². The molecule has 1 aromatic rings. The van der Waals surface area contributed by atoms with Gasteiger partial charge in [0.2, 0.25) is 0 Å². The van der Waals surface area contributed by atoms with Crippen LogP contribution >= 0.6 is 0 Å². The molecule has 0 spiro atoms. The molecule has 15 heavy (non-hydrogen) atoms. The summed E-state index contributed by atoms with van der Waals surface area (Å²) >= 11 is 0. The third kappa shape index (κ3) is 2.13. The second kappa shape index (κ2) is 4.21. The zero-order valence-electron chi connectivity index (χ0n) is 9.18. The maximum absolute atomic E-state index is 9.25. The summed E-state index contributed by atoms with van der Waals surface area (Å²) in [5.74, 6) is 0.889. The molecule has 0 aromatic heterocycles. The third-order valence-electron chi connectivity index (χ3n) is 3.01. The molecular weight excluding hydrogens is 190 g/mol. The van der Waals surface area contributed by atoms with Crippen molar-refractivity contribution in [2.24, 2.45) is 0 Å². The summed E-state index contributed by atoms with van der Waals surface area (Å²) in [7, 11) is 1.68. The van der Waals surface area contributed by atoms with Crippen LogP contribution < -0.4 is 4.74 Å². The summed E-state index contributed by atoms with van der Waals surface area (Å²) in [6.45, 7) is 3.71. The fourth-order valence-electron chi connectivity index (χ4n) is 1.92. The second-order valence-electron chi connectivity index (χ2n) is 4.06. The Balaban J connectivity index is 2.08. The van der Waals surface area contributed by atoms with Crippen molar-refractivity contribution in [3.05, 3.63) is 29.8 Å². The summed E-state index contributed by atoms with van der Waals surface area (Å²) in [5.41, 5.74) is 1.24. The van der Waals surface area contributed by atoms with Gasteiger partial charge in [0.05, 0.1) is 13.2 Å². The van der Waals surface area contributed by atoms with Crippen molar-refractivity contribution in [3.8, 4) is 5.75 Å². The molecule has 1 fully saturated rings. The summed E-state index contributed by atoms with van der Waals surface area (Å²) in [6, 6.07) is 8.44. The lowest BCUT2D eigenvalue weighted by molar-refractivity contribution is -0.0211. The van der Waals surface area contributed by atoms with Crippen molar-refractivity contribution >= 4 is 0 Å². The number of hydrogen-bond donors (Lipinski definition) is 1. The van der Waals surface area contributed by atoms with Crippen LogP contribution in [-0.4, -0.2) is 36.3 Å².